The van der Waals surface area contributed by atoms with E-state index in [1.54, 1.807) is 0 Å². The molecule has 0 saturated heterocycles. The average molecular weight is 405 g/mol. The van der Waals surface area contributed by atoms with Crippen molar-refractivity contribution in [1.29, 1.82) is 0 Å². The van der Waals surface area contributed by atoms with Gasteiger partial charge in [-0.25, -0.2) is 0 Å². The van der Waals surface area contributed by atoms with E-state index in [0.29, 0.717) is 11.8 Å². The lowest BCUT2D eigenvalue weighted by Crippen LogP contribution is -2.33. The van der Waals surface area contributed by atoms with E-state index >= 15 is 0 Å². The Bertz CT molecular complexity index is 807. The maximum atomic E-state index is 12.2. The van der Waals surface area contributed by atoms with Gasteiger partial charge in [0.05, 0.1) is 10.6 Å². The highest BCUT2D eigenvalue weighted by Crippen LogP contribution is 2.38. The van der Waals surface area contributed by atoms with Gasteiger partial charge < -0.3 is 9.88 Å². The van der Waals surface area contributed by atoms with Crippen LogP contribution < -0.4 is 5.32 Å². The second kappa shape index (κ2) is 8.35. The number of carbonyl (C=O) groups excluding carboxylic acids is 1. The van der Waals surface area contributed by atoms with E-state index in [1.165, 1.54) is 65.6 Å². The second-order valence-electron chi connectivity index (χ2n) is 7.78. The summed E-state index contributed by atoms with van der Waals surface area (Å²) in [5, 5.41) is 12.7. The molecule has 1 saturated carbocycles. The Morgan fingerprint density at radius 2 is 2.15 bits per heavy atom. The van der Waals surface area contributed by atoms with Gasteiger partial charge in [0.1, 0.15) is 0 Å². The first kappa shape index (κ1) is 19.0. The van der Waals surface area contributed by atoms with Crippen molar-refractivity contribution in [3.05, 3.63) is 16.5 Å². The number of hydrogen-bond acceptors (Lipinski definition) is 5. The molecule has 2 aliphatic carbocycles. The number of nitrogens with one attached hydrogen (secondary N) is 1. The summed E-state index contributed by atoms with van der Waals surface area (Å²) < 4.78 is 2.03. The fourth-order valence-corrected chi connectivity index (χ4v) is 6.13. The quantitative estimate of drug-likeness (QED) is 0.733. The molecule has 1 N–H and O–H groups in total. The third-order valence-electron chi connectivity index (χ3n) is 5.87. The number of hydrogen-bond donors (Lipinski definition) is 1. The van der Waals surface area contributed by atoms with Crippen molar-refractivity contribution in [2.24, 2.45) is 13.0 Å². The monoisotopic (exact) mass is 404 g/mol. The van der Waals surface area contributed by atoms with E-state index in [9.17, 15) is 4.79 Å². The summed E-state index contributed by atoms with van der Waals surface area (Å²) in [6.45, 7) is 2.29. The molecule has 2 heterocycles. The molecule has 2 aromatic rings. The highest BCUT2D eigenvalue weighted by atomic mass is 32.2. The topological polar surface area (TPSA) is 59.8 Å². The first-order valence-corrected chi connectivity index (χ1v) is 11.9. The first-order chi connectivity index (χ1) is 13.1. The predicted molar refractivity (Wildman–Crippen MR) is 111 cm³/mol. The molecule has 7 heteroatoms. The van der Waals surface area contributed by atoms with Crippen LogP contribution in [0.5, 0.6) is 0 Å². The smallest absolute Gasteiger partial charge is 0.230 e. The molecule has 0 aliphatic heterocycles. The van der Waals surface area contributed by atoms with E-state index in [-0.39, 0.29) is 5.91 Å². The summed E-state index contributed by atoms with van der Waals surface area (Å²) in [7, 11) is 2.00. The van der Waals surface area contributed by atoms with Crippen LogP contribution in [0.3, 0.4) is 0 Å². The zero-order chi connectivity index (χ0) is 18.8. The van der Waals surface area contributed by atoms with Gasteiger partial charge >= 0.3 is 0 Å². The highest BCUT2D eigenvalue weighted by molar-refractivity contribution is 7.99. The van der Waals surface area contributed by atoms with Crippen LogP contribution in [0.1, 0.15) is 55.9 Å². The fourth-order valence-electron chi connectivity index (χ4n) is 4.18. The van der Waals surface area contributed by atoms with Crippen LogP contribution >= 0.6 is 23.1 Å². The lowest BCUT2D eigenvalue weighted by atomic mass is 9.87. The second-order valence-corrected chi connectivity index (χ2v) is 9.86. The molecular weight excluding hydrogens is 376 g/mol. The number of amides is 1. The summed E-state index contributed by atoms with van der Waals surface area (Å²) in [5.41, 5.74) is 1.50. The van der Waals surface area contributed by atoms with Crippen LogP contribution in [0.15, 0.2) is 11.2 Å². The van der Waals surface area contributed by atoms with Gasteiger partial charge in [-0.05, 0) is 49.7 Å². The van der Waals surface area contributed by atoms with E-state index in [1.807, 2.05) is 23.0 Å². The summed E-state index contributed by atoms with van der Waals surface area (Å²) in [6.07, 6.45) is 9.65. The minimum absolute atomic E-state index is 0.105. The average Bonchev–Trinajstić information content (AvgIpc) is 3.39. The van der Waals surface area contributed by atoms with Gasteiger partial charge in [0.2, 0.25) is 5.91 Å². The van der Waals surface area contributed by atoms with Crippen molar-refractivity contribution < 1.29 is 4.79 Å². The lowest BCUT2D eigenvalue weighted by molar-refractivity contribution is -0.119. The Kier molecular flexibility index (Phi) is 5.88. The molecule has 0 spiro atoms. The molecule has 4 rings (SSSR count). The molecule has 1 fully saturated rings. The molecule has 0 bridgehead atoms. The van der Waals surface area contributed by atoms with Crippen LogP contribution in [0.4, 0.5) is 0 Å². The molecule has 27 heavy (non-hydrogen) atoms. The van der Waals surface area contributed by atoms with Crippen LogP contribution in [0.25, 0.3) is 10.7 Å². The van der Waals surface area contributed by atoms with E-state index in [0.717, 1.165) is 29.7 Å². The number of thioether (sulfide) groups is 1. The summed E-state index contributed by atoms with van der Waals surface area (Å²) in [5.74, 6) is 2.25. The van der Waals surface area contributed by atoms with Crippen LogP contribution in [-0.2, 0) is 24.7 Å². The minimum Gasteiger partial charge on any atom is -0.353 e. The van der Waals surface area contributed by atoms with Crippen molar-refractivity contribution in [2.75, 3.05) is 5.75 Å². The molecule has 2 aliphatic rings. The molecule has 0 radical (unpaired) electrons. The molecule has 5 nitrogen and oxygen atoms in total. The van der Waals surface area contributed by atoms with E-state index in [2.05, 4.69) is 28.5 Å². The molecule has 2 aromatic heterocycles. The molecule has 1 amide bonds. The van der Waals surface area contributed by atoms with Gasteiger partial charge in [-0.1, -0.05) is 37.9 Å². The van der Waals surface area contributed by atoms with E-state index in [4.69, 9.17) is 0 Å². The van der Waals surface area contributed by atoms with Gasteiger partial charge in [-0.3, -0.25) is 4.79 Å². The molecule has 1 atom stereocenters. The number of thiophene rings is 1. The molecule has 146 valence electrons. The Morgan fingerprint density at radius 1 is 1.33 bits per heavy atom. The fraction of sp³-hybridized carbons (Fsp3) is 0.650. The van der Waals surface area contributed by atoms with Gasteiger partial charge in [-0.15, -0.1) is 21.5 Å². The van der Waals surface area contributed by atoms with Crippen LogP contribution in [0.2, 0.25) is 0 Å². The normalized spacial score (nSPS) is 20.0. The number of aryl methyl sites for hydroxylation is 1. The zero-order valence-electron chi connectivity index (χ0n) is 16.2. The zero-order valence-corrected chi connectivity index (χ0v) is 17.8. The Balaban J connectivity index is 1.40. The van der Waals surface area contributed by atoms with Gasteiger partial charge in [0.15, 0.2) is 11.0 Å². The highest BCUT2D eigenvalue weighted by Gasteiger charge is 2.23. The maximum absolute atomic E-state index is 12.2. The van der Waals surface area contributed by atoms with Crippen molar-refractivity contribution in [2.45, 2.75) is 69.5 Å². The van der Waals surface area contributed by atoms with Crippen molar-refractivity contribution in [3.63, 3.8) is 0 Å². The number of nitrogens with zero attached hydrogens (tertiary/aromatic N) is 3. The Hall–Kier alpha value is -1.34. The van der Waals surface area contributed by atoms with Crippen molar-refractivity contribution in [1.82, 2.24) is 20.1 Å². The summed E-state index contributed by atoms with van der Waals surface area (Å²) in [4.78, 5) is 14.9. The molecule has 0 unspecified atom stereocenters. The number of carbonyl (C=O) groups is 1. The summed E-state index contributed by atoms with van der Waals surface area (Å²) >= 11 is 3.34. The van der Waals surface area contributed by atoms with Crippen molar-refractivity contribution >= 4 is 29.0 Å². The lowest BCUT2D eigenvalue weighted by Gasteiger charge is -2.19. The van der Waals surface area contributed by atoms with Gasteiger partial charge in [0.25, 0.3) is 0 Å². The maximum Gasteiger partial charge on any atom is 0.230 e. The van der Waals surface area contributed by atoms with Gasteiger partial charge in [0, 0.05) is 18.0 Å². The number of fused-ring (bicyclic) bond motifs is 1. The third kappa shape index (κ3) is 4.24. The number of aromatic nitrogens is 3. The third-order valence-corrected chi connectivity index (χ3v) is 8.12. The molecule has 0 aromatic carbocycles. The molecular formula is C20H28N4OS2. The van der Waals surface area contributed by atoms with Crippen LogP contribution in [0, 0.1) is 5.92 Å². The van der Waals surface area contributed by atoms with Crippen LogP contribution in [-0.4, -0.2) is 32.5 Å². The SMILES string of the molecule is CC[C@@H]1CCc2sc(-c3nnc(SCC(=O)NC4CCCC4)n3C)cc2C1. The Labute approximate surface area is 169 Å². The first-order valence-electron chi connectivity index (χ1n) is 10.1. The largest absolute Gasteiger partial charge is 0.353 e. The predicted octanol–water partition coefficient (Wildman–Crippen LogP) is 4.21. The minimum atomic E-state index is 0.105. The van der Waals surface area contributed by atoms with Gasteiger partial charge in [-0.2, -0.15) is 0 Å². The summed E-state index contributed by atoms with van der Waals surface area (Å²) in [6, 6.07) is 2.69. The standard InChI is InChI=1S/C20H28N4OS2/c1-3-13-8-9-16-14(10-13)11-17(27-16)19-22-23-20(24(19)2)26-12-18(25)21-15-6-4-5-7-15/h11,13,15H,3-10,12H2,1-2H3,(H,21,25)/t13-/m1/s1. The number of rotatable bonds is 6. The van der Waals surface area contributed by atoms with Crippen molar-refractivity contribution in [3.8, 4) is 10.7 Å². The Morgan fingerprint density at radius 3 is 2.93 bits per heavy atom. The van der Waals surface area contributed by atoms with E-state index < -0.39 is 0 Å².